The standard InChI is InChI=1S/C10H7BrF3NO2/c11-7-4-6(10(12,13)14)5(3-8(7)15)1-2-9(16)17/h1-4H,15H2,(H,16,17)/b2-1+. The Hall–Kier alpha value is -1.50. The molecule has 0 aliphatic heterocycles. The molecule has 0 fully saturated rings. The van der Waals surface area contributed by atoms with Crippen LogP contribution in [0.5, 0.6) is 0 Å². The van der Waals surface area contributed by atoms with Gasteiger partial charge in [0.15, 0.2) is 0 Å². The summed E-state index contributed by atoms with van der Waals surface area (Å²) in [5.74, 6) is -1.33. The summed E-state index contributed by atoms with van der Waals surface area (Å²) in [7, 11) is 0. The van der Waals surface area contributed by atoms with E-state index < -0.39 is 17.7 Å². The monoisotopic (exact) mass is 309 g/mol. The van der Waals surface area contributed by atoms with Gasteiger partial charge in [-0.1, -0.05) is 0 Å². The first-order valence-corrected chi connectivity index (χ1v) is 5.08. The van der Waals surface area contributed by atoms with Gasteiger partial charge in [-0.25, -0.2) is 4.79 Å². The Morgan fingerprint density at radius 1 is 1.41 bits per heavy atom. The Kier molecular flexibility index (Phi) is 3.82. The van der Waals surface area contributed by atoms with E-state index in [9.17, 15) is 18.0 Å². The van der Waals surface area contributed by atoms with Crippen molar-refractivity contribution in [2.24, 2.45) is 0 Å². The number of alkyl halides is 3. The minimum atomic E-state index is -4.58. The molecule has 0 aromatic heterocycles. The van der Waals surface area contributed by atoms with E-state index in [1.165, 1.54) is 0 Å². The highest BCUT2D eigenvalue weighted by Gasteiger charge is 2.33. The number of aliphatic carboxylic acids is 1. The van der Waals surface area contributed by atoms with Gasteiger partial charge < -0.3 is 10.8 Å². The predicted molar refractivity (Wildman–Crippen MR) is 60.2 cm³/mol. The van der Waals surface area contributed by atoms with Gasteiger partial charge in [0.2, 0.25) is 0 Å². The first-order valence-electron chi connectivity index (χ1n) is 4.29. The van der Waals surface area contributed by atoms with Crippen molar-refractivity contribution in [3.8, 4) is 0 Å². The number of hydrogen-bond donors (Lipinski definition) is 2. The van der Waals surface area contributed by atoms with Gasteiger partial charge in [-0.05, 0) is 39.7 Å². The number of carboxylic acid groups (broad SMARTS) is 1. The van der Waals surface area contributed by atoms with Crippen LogP contribution in [0.1, 0.15) is 11.1 Å². The highest BCUT2D eigenvalue weighted by atomic mass is 79.9. The second-order valence-corrected chi connectivity index (χ2v) is 3.98. The number of nitrogen functional groups attached to an aromatic ring is 1. The highest BCUT2D eigenvalue weighted by Crippen LogP contribution is 2.36. The molecule has 3 nitrogen and oxygen atoms in total. The maximum absolute atomic E-state index is 12.6. The maximum atomic E-state index is 12.6. The summed E-state index contributed by atoms with van der Waals surface area (Å²) in [5, 5.41) is 8.38. The van der Waals surface area contributed by atoms with Crippen molar-refractivity contribution in [1.82, 2.24) is 0 Å². The molecule has 0 saturated carbocycles. The maximum Gasteiger partial charge on any atom is 0.417 e. The van der Waals surface area contributed by atoms with Crippen LogP contribution in [-0.2, 0) is 11.0 Å². The minimum Gasteiger partial charge on any atom is -0.478 e. The van der Waals surface area contributed by atoms with Gasteiger partial charge in [-0.2, -0.15) is 13.2 Å². The molecule has 0 bridgehead atoms. The molecule has 1 aromatic carbocycles. The molecule has 0 unspecified atom stereocenters. The molecule has 0 atom stereocenters. The van der Waals surface area contributed by atoms with Gasteiger partial charge in [-0.3, -0.25) is 0 Å². The van der Waals surface area contributed by atoms with Crippen LogP contribution < -0.4 is 5.73 Å². The van der Waals surface area contributed by atoms with Gasteiger partial charge in [0.1, 0.15) is 0 Å². The number of nitrogens with two attached hydrogens (primary N) is 1. The molecule has 1 rings (SSSR count). The quantitative estimate of drug-likeness (QED) is 0.651. The molecule has 0 saturated heterocycles. The molecule has 0 heterocycles. The predicted octanol–water partition coefficient (Wildman–Crippen LogP) is 3.15. The van der Waals surface area contributed by atoms with Crippen molar-refractivity contribution in [3.63, 3.8) is 0 Å². The topological polar surface area (TPSA) is 63.3 Å². The van der Waals surface area contributed by atoms with Crippen LogP contribution in [0.3, 0.4) is 0 Å². The normalized spacial score (nSPS) is 12.0. The molecular weight excluding hydrogens is 303 g/mol. The zero-order valence-electron chi connectivity index (χ0n) is 8.25. The molecule has 3 N–H and O–H groups in total. The summed E-state index contributed by atoms with van der Waals surface area (Å²) < 4.78 is 38.0. The van der Waals surface area contributed by atoms with Crippen molar-refractivity contribution in [1.29, 1.82) is 0 Å². The lowest BCUT2D eigenvalue weighted by Gasteiger charge is -2.12. The molecule has 17 heavy (non-hydrogen) atoms. The van der Waals surface area contributed by atoms with Crippen molar-refractivity contribution in [2.45, 2.75) is 6.18 Å². The third kappa shape index (κ3) is 3.48. The Bertz CT molecular complexity index is 483. The smallest absolute Gasteiger partial charge is 0.417 e. The SMILES string of the molecule is Nc1cc(/C=C/C(=O)O)c(C(F)(F)F)cc1Br. The van der Waals surface area contributed by atoms with Gasteiger partial charge in [0, 0.05) is 16.2 Å². The summed E-state index contributed by atoms with van der Waals surface area (Å²) in [6.45, 7) is 0. The number of anilines is 1. The fourth-order valence-corrected chi connectivity index (χ4v) is 1.50. The summed E-state index contributed by atoms with van der Waals surface area (Å²) in [6, 6.07) is 1.88. The molecule has 0 aliphatic rings. The van der Waals surface area contributed by atoms with Gasteiger partial charge in [-0.15, -0.1) is 0 Å². The van der Waals surface area contributed by atoms with Crippen LogP contribution in [0.2, 0.25) is 0 Å². The van der Waals surface area contributed by atoms with E-state index in [-0.39, 0.29) is 15.7 Å². The molecule has 1 aromatic rings. The van der Waals surface area contributed by atoms with E-state index in [4.69, 9.17) is 10.8 Å². The zero-order valence-corrected chi connectivity index (χ0v) is 9.84. The number of benzene rings is 1. The Morgan fingerprint density at radius 3 is 2.47 bits per heavy atom. The summed E-state index contributed by atoms with van der Waals surface area (Å²) in [5.41, 5.74) is 4.30. The fraction of sp³-hybridized carbons (Fsp3) is 0.100. The van der Waals surface area contributed by atoms with E-state index in [1.54, 1.807) is 0 Å². The lowest BCUT2D eigenvalue weighted by molar-refractivity contribution is -0.138. The van der Waals surface area contributed by atoms with Crippen molar-refractivity contribution in [2.75, 3.05) is 5.73 Å². The van der Waals surface area contributed by atoms with Crippen LogP contribution in [0.4, 0.5) is 18.9 Å². The lowest BCUT2D eigenvalue weighted by atomic mass is 10.1. The first-order chi connectivity index (χ1) is 7.71. The number of carbonyl (C=O) groups is 1. The second-order valence-electron chi connectivity index (χ2n) is 3.13. The van der Waals surface area contributed by atoms with Crippen molar-refractivity contribution in [3.05, 3.63) is 33.8 Å². The van der Waals surface area contributed by atoms with Crippen LogP contribution in [0.25, 0.3) is 6.08 Å². The zero-order chi connectivity index (χ0) is 13.2. The number of carboxylic acids is 1. The number of halogens is 4. The third-order valence-corrected chi connectivity index (χ3v) is 2.57. The largest absolute Gasteiger partial charge is 0.478 e. The number of rotatable bonds is 2. The Balaban J connectivity index is 3.36. The van der Waals surface area contributed by atoms with Crippen LogP contribution in [0, 0.1) is 0 Å². The molecule has 7 heteroatoms. The van der Waals surface area contributed by atoms with Gasteiger partial charge in [0.05, 0.1) is 5.56 Å². The van der Waals surface area contributed by atoms with E-state index in [2.05, 4.69) is 15.9 Å². The molecular formula is C10H7BrF3NO2. The van der Waals surface area contributed by atoms with Crippen LogP contribution in [-0.4, -0.2) is 11.1 Å². The van der Waals surface area contributed by atoms with Gasteiger partial charge >= 0.3 is 12.1 Å². The molecule has 0 aliphatic carbocycles. The number of hydrogen-bond acceptors (Lipinski definition) is 2. The molecule has 0 amide bonds. The lowest BCUT2D eigenvalue weighted by Crippen LogP contribution is -2.08. The van der Waals surface area contributed by atoms with Crippen molar-refractivity contribution < 1.29 is 23.1 Å². The van der Waals surface area contributed by atoms with Crippen LogP contribution >= 0.6 is 15.9 Å². The highest BCUT2D eigenvalue weighted by molar-refractivity contribution is 9.10. The third-order valence-electron chi connectivity index (χ3n) is 1.88. The average Bonchev–Trinajstić information content (AvgIpc) is 2.17. The molecule has 0 spiro atoms. The summed E-state index contributed by atoms with van der Waals surface area (Å²) >= 11 is 2.89. The molecule has 0 radical (unpaired) electrons. The van der Waals surface area contributed by atoms with Gasteiger partial charge in [0.25, 0.3) is 0 Å². The Labute approximate surface area is 103 Å². The fourth-order valence-electron chi connectivity index (χ4n) is 1.15. The second kappa shape index (κ2) is 4.79. The van der Waals surface area contributed by atoms with Crippen molar-refractivity contribution >= 4 is 33.7 Å². The van der Waals surface area contributed by atoms with E-state index in [1.807, 2.05) is 0 Å². The molecule has 92 valence electrons. The minimum absolute atomic E-state index is 0.100. The van der Waals surface area contributed by atoms with Crippen LogP contribution in [0.15, 0.2) is 22.7 Å². The summed E-state index contributed by atoms with van der Waals surface area (Å²) in [6.07, 6.45) is -3.10. The average molecular weight is 310 g/mol. The van der Waals surface area contributed by atoms with E-state index in [0.717, 1.165) is 18.2 Å². The first kappa shape index (κ1) is 13.6. The van der Waals surface area contributed by atoms with E-state index >= 15 is 0 Å². The van der Waals surface area contributed by atoms with E-state index in [0.29, 0.717) is 6.08 Å². The Morgan fingerprint density at radius 2 is 2.00 bits per heavy atom. The summed E-state index contributed by atoms with van der Waals surface area (Å²) in [4.78, 5) is 10.3.